The predicted molar refractivity (Wildman–Crippen MR) is 71.7 cm³/mol. The number of anilines is 1. The smallest absolute Gasteiger partial charge is 0.227 e. The summed E-state index contributed by atoms with van der Waals surface area (Å²) in [6.45, 7) is 1.54. The van der Waals surface area contributed by atoms with Crippen molar-refractivity contribution in [2.24, 2.45) is 11.7 Å². The van der Waals surface area contributed by atoms with Crippen LogP contribution in [-0.4, -0.2) is 31.6 Å². The van der Waals surface area contributed by atoms with Crippen LogP contribution < -0.4 is 20.1 Å². The summed E-state index contributed by atoms with van der Waals surface area (Å²) in [7, 11) is 0. The Morgan fingerprint density at radius 1 is 1.25 bits per heavy atom. The number of nitrogens with two attached hydrogens (primary N) is 1. The van der Waals surface area contributed by atoms with Gasteiger partial charge in [0.05, 0.1) is 19.1 Å². The second-order valence-electron chi connectivity index (χ2n) is 4.99. The van der Waals surface area contributed by atoms with Crippen LogP contribution in [0.2, 0.25) is 0 Å². The average Bonchev–Trinajstić information content (AvgIpc) is 2.68. The number of hydrogen-bond donors (Lipinski definition) is 1. The highest BCUT2D eigenvalue weighted by Gasteiger charge is 2.34. The monoisotopic (exact) mass is 276 g/mol. The zero-order valence-corrected chi connectivity index (χ0v) is 11.0. The van der Waals surface area contributed by atoms with Crippen molar-refractivity contribution < 1.29 is 19.1 Å². The molecule has 2 amide bonds. The largest absolute Gasteiger partial charge is 0.490 e. The number of primary amides is 1. The molecule has 6 nitrogen and oxygen atoms in total. The Kier molecular flexibility index (Phi) is 3.22. The molecule has 1 atom stereocenters. The molecule has 0 saturated carbocycles. The second kappa shape index (κ2) is 5.03. The topological polar surface area (TPSA) is 81.9 Å². The number of benzene rings is 1. The molecule has 20 heavy (non-hydrogen) atoms. The number of hydrogen-bond acceptors (Lipinski definition) is 4. The van der Waals surface area contributed by atoms with Gasteiger partial charge in [-0.05, 0) is 12.1 Å². The predicted octanol–water partition coefficient (Wildman–Crippen LogP) is 0.686. The number of carbonyl (C=O) groups excluding carboxylic acids is 2. The first-order chi connectivity index (χ1) is 9.65. The maximum absolute atomic E-state index is 12.0. The summed E-state index contributed by atoms with van der Waals surface area (Å²) in [5, 5.41) is 0. The van der Waals surface area contributed by atoms with Gasteiger partial charge < -0.3 is 20.1 Å². The molecule has 0 spiro atoms. The minimum atomic E-state index is -0.435. The van der Waals surface area contributed by atoms with Crippen molar-refractivity contribution in [2.45, 2.75) is 12.8 Å². The van der Waals surface area contributed by atoms with E-state index in [1.54, 1.807) is 23.1 Å². The molecular weight excluding hydrogens is 260 g/mol. The summed E-state index contributed by atoms with van der Waals surface area (Å²) >= 11 is 0. The molecule has 3 rings (SSSR count). The third kappa shape index (κ3) is 2.29. The van der Waals surface area contributed by atoms with Gasteiger partial charge in [-0.3, -0.25) is 9.59 Å². The van der Waals surface area contributed by atoms with Crippen molar-refractivity contribution in [3.8, 4) is 11.5 Å². The second-order valence-corrected chi connectivity index (χ2v) is 4.99. The quantitative estimate of drug-likeness (QED) is 0.861. The Morgan fingerprint density at radius 3 is 2.70 bits per heavy atom. The minimum absolute atomic E-state index is 0.0942. The molecule has 1 aromatic rings. The summed E-state index contributed by atoms with van der Waals surface area (Å²) in [4.78, 5) is 24.7. The molecule has 2 N–H and O–H groups in total. The van der Waals surface area contributed by atoms with Crippen molar-refractivity contribution in [1.82, 2.24) is 0 Å². The van der Waals surface area contributed by atoms with Crippen molar-refractivity contribution in [3.63, 3.8) is 0 Å². The number of rotatable bonds is 2. The van der Waals surface area contributed by atoms with E-state index < -0.39 is 11.8 Å². The third-order valence-corrected chi connectivity index (χ3v) is 3.57. The third-order valence-electron chi connectivity index (χ3n) is 3.57. The summed E-state index contributed by atoms with van der Waals surface area (Å²) < 4.78 is 11.2. The first-order valence-electron chi connectivity index (χ1n) is 6.64. The lowest BCUT2D eigenvalue weighted by atomic mass is 10.1. The number of nitrogens with zero attached hydrogens (tertiary/aromatic N) is 1. The molecule has 1 fully saturated rings. The van der Waals surface area contributed by atoms with Crippen LogP contribution in [0.3, 0.4) is 0 Å². The zero-order chi connectivity index (χ0) is 14.1. The van der Waals surface area contributed by atoms with Crippen molar-refractivity contribution >= 4 is 17.5 Å². The molecule has 2 heterocycles. The molecule has 1 aromatic carbocycles. The van der Waals surface area contributed by atoms with Crippen molar-refractivity contribution in [3.05, 3.63) is 18.2 Å². The van der Waals surface area contributed by atoms with Gasteiger partial charge in [-0.25, -0.2) is 0 Å². The molecule has 2 aliphatic heterocycles. The normalized spacial score (nSPS) is 21.7. The van der Waals surface area contributed by atoms with E-state index >= 15 is 0 Å². The van der Waals surface area contributed by atoms with Crippen LogP contribution in [0.15, 0.2) is 18.2 Å². The van der Waals surface area contributed by atoms with Gasteiger partial charge in [-0.15, -0.1) is 0 Å². The number of carbonyl (C=O) groups is 2. The van der Waals surface area contributed by atoms with E-state index in [-0.39, 0.29) is 12.3 Å². The van der Waals surface area contributed by atoms with Gasteiger partial charge in [-0.1, -0.05) is 0 Å². The molecule has 0 bridgehead atoms. The average molecular weight is 276 g/mol. The van der Waals surface area contributed by atoms with E-state index in [9.17, 15) is 9.59 Å². The van der Waals surface area contributed by atoms with E-state index in [4.69, 9.17) is 15.2 Å². The Hall–Kier alpha value is -2.24. The highest BCUT2D eigenvalue weighted by Crippen LogP contribution is 2.35. The van der Waals surface area contributed by atoms with E-state index in [1.165, 1.54) is 0 Å². The molecule has 1 unspecified atom stereocenters. The van der Waals surface area contributed by atoms with Gasteiger partial charge in [0.15, 0.2) is 11.5 Å². The highest BCUT2D eigenvalue weighted by molar-refractivity contribution is 6.00. The van der Waals surface area contributed by atoms with Gasteiger partial charge in [0.1, 0.15) is 0 Å². The highest BCUT2D eigenvalue weighted by atomic mass is 16.5. The van der Waals surface area contributed by atoms with Crippen LogP contribution in [0.1, 0.15) is 12.8 Å². The van der Waals surface area contributed by atoms with Crippen LogP contribution in [0.5, 0.6) is 11.5 Å². The fourth-order valence-corrected chi connectivity index (χ4v) is 2.47. The summed E-state index contributed by atoms with van der Waals surface area (Å²) in [5.74, 6) is 0.372. The molecule has 6 heteroatoms. The summed E-state index contributed by atoms with van der Waals surface area (Å²) in [6, 6.07) is 5.37. The molecule has 2 aliphatic rings. The number of ether oxygens (including phenoxy) is 2. The lowest BCUT2D eigenvalue weighted by Crippen LogP contribution is -2.28. The summed E-state index contributed by atoms with van der Waals surface area (Å²) in [6.07, 6.45) is 1.00. The Morgan fingerprint density at radius 2 is 2.00 bits per heavy atom. The van der Waals surface area contributed by atoms with Crippen LogP contribution in [0.4, 0.5) is 5.69 Å². The summed E-state index contributed by atoms with van der Waals surface area (Å²) in [5.41, 5.74) is 5.98. The molecule has 106 valence electrons. The van der Waals surface area contributed by atoms with Gasteiger partial charge in [-0.2, -0.15) is 0 Å². The van der Waals surface area contributed by atoms with Crippen LogP contribution in [0, 0.1) is 5.92 Å². The molecular formula is C14H16N2O4. The van der Waals surface area contributed by atoms with Crippen molar-refractivity contribution in [1.29, 1.82) is 0 Å². The van der Waals surface area contributed by atoms with E-state index in [2.05, 4.69) is 0 Å². The lowest BCUT2D eigenvalue weighted by molar-refractivity contribution is -0.123. The van der Waals surface area contributed by atoms with Gasteiger partial charge in [0.2, 0.25) is 11.8 Å². The van der Waals surface area contributed by atoms with Gasteiger partial charge >= 0.3 is 0 Å². The van der Waals surface area contributed by atoms with E-state index in [1.807, 2.05) is 0 Å². The van der Waals surface area contributed by atoms with E-state index in [0.29, 0.717) is 36.9 Å². The number of fused-ring (bicyclic) bond motifs is 1. The SMILES string of the molecule is NC(=O)C1CC(=O)N(c2ccc3c(c2)OCCCO3)C1. The maximum Gasteiger partial charge on any atom is 0.227 e. The molecule has 0 radical (unpaired) electrons. The van der Waals surface area contributed by atoms with Crippen LogP contribution in [-0.2, 0) is 9.59 Å². The first-order valence-corrected chi connectivity index (χ1v) is 6.64. The van der Waals surface area contributed by atoms with Crippen LogP contribution >= 0.6 is 0 Å². The first kappa shape index (κ1) is 12.8. The van der Waals surface area contributed by atoms with Gasteiger partial charge in [0.25, 0.3) is 0 Å². The van der Waals surface area contributed by atoms with Crippen molar-refractivity contribution in [2.75, 3.05) is 24.7 Å². The minimum Gasteiger partial charge on any atom is -0.490 e. The number of amides is 2. The standard InChI is InChI=1S/C14H16N2O4/c15-14(18)9-6-13(17)16(8-9)10-2-3-11-12(7-10)20-5-1-4-19-11/h2-3,7,9H,1,4-6,8H2,(H2,15,18). The van der Waals surface area contributed by atoms with Crippen LogP contribution in [0.25, 0.3) is 0 Å². The Balaban J connectivity index is 1.86. The van der Waals surface area contributed by atoms with Gasteiger partial charge in [0, 0.05) is 31.1 Å². The zero-order valence-electron chi connectivity index (χ0n) is 11.0. The Labute approximate surface area is 116 Å². The molecule has 0 aromatic heterocycles. The fourth-order valence-electron chi connectivity index (χ4n) is 2.47. The van der Waals surface area contributed by atoms with E-state index in [0.717, 1.165) is 6.42 Å². The Bertz CT molecular complexity index is 558. The molecule has 0 aliphatic carbocycles. The fraction of sp³-hybridized carbons (Fsp3) is 0.429. The lowest BCUT2D eigenvalue weighted by Gasteiger charge is -2.18. The maximum atomic E-state index is 12.0. The molecule has 1 saturated heterocycles.